The summed E-state index contributed by atoms with van der Waals surface area (Å²) in [4.78, 5) is 16.6. The summed E-state index contributed by atoms with van der Waals surface area (Å²) in [5, 5.41) is 9.21. The number of nitrogens with zero attached hydrogens (tertiary/aromatic N) is 4. The van der Waals surface area contributed by atoms with E-state index in [0.29, 0.717) is 44.4 Å². The van der Waals surface area contributed by atoms with Crippen LogP contribution in [0.4, 0.5) is 5.82 Å². The van der Waals surface area contributed by atoms with Crippen molar-refractivity contribution in [2.24, 2.45) is 0 Å². The molecule has 7 heteroatoms. The zero-order valence-electron chi connectivity index (χ0n) is 14.6. The number of ether oxygens (including phenoxy) is 1. The Morgan fingerprint density at radius 2 is 1.92 bits per heavy atom. The number of furan rings is 1. The third kappa shape index (κ3) is 3.20. The Hall–Kier alpha value is -3.09. The number of anilines is 1. The first-order chi connectivity index (χ1) is 12.7. The molecule has 0 unspecified atom stereocenters. The van der Waals surface area contributed by atoms with E-state index in [1.165, 1.54) is 0 Å². The fraction of sp³-hybridized carbons (Fsp3) is 0.316. The maximum Gasteiger partial charge on any atom is 0.289 e. The number of amides is 1. The number of rotatable bonds is 4. The highest BCUT2D eigenvalue weighted by Gasteiger charge is 2.25. The van der Waals surface area contributed by atoms with E-state index in [0.717, 1.165) is 16.8 Å². The van der Waals surface area contributed by atoms with Crippen molar-refractivity contribution in [2.75, 3.05) is 37.7 Å². The summed E-state index contributed by atoms with van der Waals surface area (Å²) in [6.45, 7) is 5.11. The van der Waals surface area contributed by atoms with Crippen molar-refractivity contribution < 1.29 is 13.9 Å². The van der Waals surface area contributed by atoms with Crippen LogP contribution in [0, 0.1) is 0 Å². The van der Waals surface area contributed by atoms with Crippen molar-refractivity contribution in [2.45, 2.75) is 6.92 Å². The van der Waals surface area contributed by atoms with E-state index in [1.54, 1.807) is 0 Å². The number of hydrogen-bond donors (Lipinski definition) is 0. The minimum Gasteiger partial charge on any atom is -0.477 e. The minimum atomic E-state index is -0.0707. The van der Waals surface area contributed by atoms with Gasteiger partial charge in [-0.1, -0.05) is 18.2 Å². The number of benzene rings is 1. The summed E-state index contributed by atoms with van der Waals surface area (Å²) < 4.78 is 11.0. The molecular weight excluding hydrogens is 332 g/mol. The molecule has 26 heavy (non-hydrogen) atoms. The average molecular weight is 352 g/mol. The zero-order valence-corrected chi connectivity index (χ0v) is 14.6. The van der Waals surface area contributed by atoms with Crippen molar-refractivity contribution >= 4 is 22.7 Å². The number of para-hydroxylation sites is 1. The highest BCUT2D eigenvalue weighted by atomic mass is 16.5. The molecule has 3 heterocycles. The van der Waals surface area contributed by atoms with Gasteiger partial charge in [-0.2, -0.15) is 0 Å². The molecule has 0 spiro atoms. The number of hydrogen-bond acceptors (Lipinski definition) is 6. The Bertz CT molecular complexity index is 866. The molecule has 0 radical (unpaired) electrons. The smallest absolute Gasteiger partial charge is 0.289 e. The Balaban J connectivity index is 1.40. The molecule has 0 aliphatic carbocycles. The Morgan fingerprint density at radius 1 is 1.12 bits per heavy atom. The topological polar surface area (TPSA) is 71.7 Å². The summed E-state index contributed by atoms with van der Waals surface area (Å²) >= 11 is 0. The van der Waals surface area contributed by atoms with Gasteiger partial charge in [0, 0.05) is 37.6 Å². The molecule has 1 aliphatic rings. The Labute approximate surface area is 151 Å². The first-order valence-electron chi connectivity index (χ1n) is 8.74. The van der Waals surface area contributed by atoms with Crippen LogP contribution in [-0.2, 0) is 0 Å². The lowest BCUT2D eigenvalue weighted by atomic mass is 10.2. The first-order valence-corrected chi connectivity index (χ1v) is 8.74. The van der Waals surface area contributed by atoms with Crippen LogP contribution < -0.4 is 9.64 Å². The maximum absolute atomic E-state index is 12.7. The predicted octanol–water partition coefficient (Wildman–Crippen LogP) is 2.58. The van der Waals surface area contributed by atoms with E-state index in [9.17, 15) is 4.79 Å². The maximum atomic E-state index is 12.7. The van der Waals surface area contributed by atoms with Crippen LogP contribution in [0.2, 0.25) is 0 Å². The molecule has 1 saturated heterocycles. The number of carbonyl (C=O) groups is 1. The molecule has 134 valence electrons. The molecular formula is C19H20N4O3. The monoisotopic (exact) mass is 352 g/mol. The number of aromatic nitrogens is 2. The predicted molar refractivity (Wildman–Crippen MR) is 97.5 cm³/mol. The second-order valence-electron chi connectivity index (χ2n) is 6.09. The molecule has 0 bridgehead atoms. The number of piperazine rings is 1. The molecule has 2 aromatic heterocycles. The third-order valence-corrected chi connectivity index (χ3v) is 4.45. The third-order valence-electron chi connectivity index (χ3n) is 4.45. The lowest BCUT2D eigenvalue weighted by Crippen LogP contribution is -2.49. The minimum absolute atomic E-state index is 0.0707. The van der Waals surface area contributed by atoms with Crippen LogP contribution >= 0.6 is 0 Å². The van der Waals surface area contributed by atoms with Crippen molar-refractivity contribution in [1.82, 2.24) is 15.1 Å². The molecule has 1 aliphatic heterocycles. The van der Waals surface area contributed by atoms with Gasteiger partial charge in [0.2, 0.25) is 5.88 Å². The number of carbonyl (C=O) groups excluding carboxylic acids is 1. The lowest BCUT2D eigenvalue weighted by Gasteiger charge is -2.34. The fourth-order valence-electron chi connectivity index (χ4n) is 3.09. The molecule has 4 rings (SSSR count). The van der Waals surface area contributed by atoms with E-state index >= 15 is 0 Å². The zero-order chi connectivity index (χ0) is 17.9. The van der Waals surface area contributed by atoms with Crippen LogP contribution in [0.1, 0.15) is 17.5 Å². The van der Waals surface area contributed by atoms with E-state index < -0.39 is 0 Å². The quantitative estimate of drug-likeness (QED) is 0.719. The summed E-state index contributed by atoms with van der Waals surface area (Å²) in [5.41, 5.74) is 0.735. The second kappa shape index (κ2) is 7.03. The Kier molecular flexibility index (Phi) is 4.43. The molecule has 0 atom stereocenters. The van der Waals surface area contributed by atoms with Gasteiger partial charge < -0.3 is 19.0 Å². The van der Waals surface area contributed by atoms with Gasteiger partial charge in [0.05, 0.1) is 6.61 Å². The summed E-state index contributed by atoms with van der Waals surface area (Å²) in [5.74, 6) is 1.64. The van der Waals surface area contributed by atoms with Gasteiger partial charge in [0.15, 0.2) is 11.6 Å². The van der Waals surface area contributed by atoms with Gasteiger partial charge in [-0.15, -0.1) is 10.2 Å². The highest BCUT2D eigenvalue weighted by molar-refractivity contribution is 5.96. The SMILES string of the molecule is CCOc1ccc(N2CCN(C(=O)c3cc4ccccc4o3)CC2)nn1. The first kappa shape index (κ1) is 16.4. The lowest BCUT2D eigenvalue weighted by molar-refractivity contribution is 0.0717. The van der Waals surface area contributed by atoms with Crippen molar-refractivity contribution in [3.63, 3.8) is 0 Å². The van der Waals surface area contributed by atoms with E-state index in [2.05, 4.69) is 15.1 Å². The van der Waals surface area contributed by atoms with E-state index in [-0.39, 0.29) is 5.91 Å². The molecule has 7 nitrogen and oxygen atoms in total. The van der Waals surface area contributed by atoms with Crippen LogP contribution in [0.25, 0.3) is 11.0 Å². The fourth-order valence-corrected chi connectivity index (χ4v) is 3.09. The standard InChI is InChI=1S/C19H20N4O3/c1-2-25-18-8-7-17(20-21-18)22-9-11-23(12-10-22)19(24)16-13-14-5-3-4-6-15(14)26-16/h3-8,13H,2,9-12H2,1H3. The van der Waals surface area contributed by atoms with Gasteiger partial charge in [-0.25, -0.2) is 0 Å². The molecule has 0 saturated carbocycles. The summed E-state index contributed by atoms with van der Waals surface area (Å²) in [6, 6.07) is 13.2. The van der Waals surface area contributed by atoms with E-state index in [4.69, 9.17) is 9.15 Å². The molecule has 0 N–H and O–H groups in total. The number of fused-ring (bicyclic) bond motifs is 1. The Morgan fingerprint density at radius 3 is 2.62 bits per heavy atom. The molecule has 1 amide bonds. The van der Waals surface area contributed by atoms with Crippen LogP contribution in [-0.4, -0.2) is 53.8 Å². The average Bonchev–Trinajstić information content (AvgIpc) is 3.13. The van der Waals surface area contributed by atoms with Gasteiger partial charge >= 0.3 is 0 Å². The normalized spacial score (nSPS) is 14.7. The van der Waals surface area contributed by atoms with Crippen molar-refractivity contribution in [3.05, 3.63) is 48.2 Å². The second-order valence-corrected chi connectivity index (χ2v) is 6.09. The van der Waals surface area contributed by atoms with Gasteiger partial charge in [-0.3, -0.25) is 4.79 Å². The van der Waals surface area contributed by atoms with E-state index in [1.807, 2.05) is 54.3 Å². The van der Waals surface area contributed by atoms with Gasteiger partial charge in [-0.05, 0) is 25.1 Å². The van der Waals surface area contributed by atoms with Crippen molar-refractivity contribution in [1.29, 1.82) is 0 Å². The molecule has 3 aromatic rings. The van der Waals surface area contributed by atoms with Gasteiger partial charge in [0.1, 0.15) is 5.58 Å². The van der Waals surface area contributed by atoms with Crippen molar-refractivity contribution in [3.8, 4) is 5.88 Å². The summed E-state index contributed by atoms with van der Waals surface area (Å²) in [6.07, 6.45) is 0. The molecule has 1 fully saturated rings. The molecule has 1 aromatic carbocycles. The van der Waals surface area contributed by atoms with Crippen LogP contribution in [0.15, 0.2) is 46.9 Å². The highest BCUT2D eigenvalue weighted by Crippen LogP contribution is 2.21. The summed E-state index contributed by atoms with van der Waals surface area (Å²) in [7, 11) is 0. The largest absolute Gasteiger partial charge is 0.477 e. The van der Waals surface area contributed by atoms with Gasteiger partial charge in [0.25, 0.3) is 5.91 Å². The van der Waals surface area contributed by atoms with Crippen LogP contribution in [0.3, 0.4) is 0 Å². The van der Waals surface area contributed by atoms with Crippen LogP contribution in [0.5, 0.6) is 5.88 Å².